The standard InChI is InChI=1S/C11H15FO2/c1-7-4-5-9(6-10(7)12)11(13)8(2)14-3/h4-6,8,11,13H,1-3H3. The normalized spacial score (nSPS) is 15.2. The highest BCUT2D eigenvalue weighted by molar-refractivity contribution is 5.25. The third kappa shape index (κ3) is 2.30. The van der Waals surface area contributed by atoms with Gasteiger partial charge in [0.15, 0.2) is 0 Å². The Kier molecular flexibility index (Phi) is 3.61. The summed E-state index contributed by atoms with van der Waals surface area (Å²) in [4.78, 5) is 0. The van der Waals surface area contributed by atoms with Crippen molar-refractivity contribution >= 4 is 0 Å². The zero-order valence-electron chi connectivity index (χ0n) is 8.62. The van der Waals surface area contributed by atoms with E-state index < -0.39 is 6.10 Å². The molecule has 0 bridgehead atoms. The third-order valence-electron chi connectivity index (χ3n) is 2.35. The molecule has 0 heterocycles. The fourth-order valence-electron chi connectivity index (χ4n) is 1.19. The van der Waals surface area contributed by atoms with Crippen molar-refractivity contribution in [1.82, 2.24) is 0 Å². The smallest absolute Gasteiger partial charge is 0.126 e. The molecular weight excluding hydrogens is 183 g/mol. The highest BCUT2D eigenvalue weighted by Gasteiger charge is 2.16. The van der Waals surface area contributed by atoms with Gasteiger partial charge in [0.1, 0.15) is 11.9 Å². The Morgan fingerprint density at radius 3 is 2.57 bits per heavy atom. The summed E-state index contributed by atoms with van der Waals surface area (Å²) < 4.78 is 18.1. The zero-order chi connectivity index (χ0) is 10.7. The molecule has 0 aliphatic carbocycles. The Labute approximate surface area is 83.3 Å². The number of ether oxygens (including phenoxy) is 1. The van der Waals surface area contributed by atoms with Crippen LogP contribution < -0.4 is 0 Å². The van der Waals surface area contributed by atoms with Gasteiger partial charge in [-0.2, -0.15) is 0 Å². The van der Waals surface area contributed by atoms with Crippen LogP contribution in [0.4, 0.5) is 4.39 Å². The number of hydrogen-bond donors (Lipinski definition) is 1. The maximum absolute atomic E-state index is 13.2. The highest BCUT2D eigenvalue weighted by Crippen LogP contribution is 2.20. The van der Waals surface area contributed by atoms with Gasteiger partial charge in [0.25, 0.3) is 0 Å². The molecule has 0 saturated heterocycles. The van der Waals surface area contributed by atoms with Crippen LogP contribution in [0.5, 0.6) is 0 Å². The number of rotatable bonds is 3. The Bertz CT molecular complexity index is 312. The number of hydrogen-bond acceptors (Lipinski definition) is 2. The van der Waals surface area contributed by atoms with E-state index in [4.69, 9.17) is 4.74 Å². The van der Waals surface area contributed by atoms with Crippen LogP contribution in [-0.4, -0.2) is 18.3 Å². The first-order valence-corrected chi connectivity index (χ1v) is 4.53. The molecule has 0 spiro atoms. The molecule has 78 valence electrons. The summed E-state index contributed by atoms with van der Waals surface area (Å²) in [6, 6.07) is 4.70. The second-order valence-corrected chi connectivity index (χ2v) is 3.39. The van der Waals surface area contributed by atoms with E-state index in [9.17, 15) is 9.50 Å². The quantitative estimate of drug-likeness (QED) is 0.806. The van der Waals surface area contributed by atoms with E-state index in [1.165, 1.54) is 13.2 Å². The molecule has 1 rings (SSSR count). The fraction of sp³-hybridized carbons (Fsp3) is 0.455. The molecule has 2 unspecified atom stereocenters. The predicted molar refractivity (Wildman–Crippen MR) is 52.6 cm³/mol. The lowest BCUT2D eigenvalue weighted by Crippen LogP contribution is -2.16. The lowest BCUT2D eigenvalue weighted by atomic mass is 10.0. The molecule has 0 aromatic heterocycles. The number of benzene rings is 1. The zero-order valence-corrected chi connectivity index (χ0v) is 8.62. The summed E-state index contributed by atoms with van der Waals surface area (Å²) in [6.45, 7) is 3.42. The maximum Gasteiger partial charge on any atom is 0.126 e. The molecule has 1 aromatic rings. The first-order chi connectivity index (χ1) is 6.56. The topological polar surface area (TPSA) is 29.5 Å². The van der Waals surface area contributed by atoms with Gasteiger partial charge in [-0.15, -0.1) is 0 Å². The number of aryl methyl sites for hydroxylation is 1. The van der Waals surface area contributed by atoms with Gasteiger partial charge >= 0.3 is 0 Å². The minimum atomic E-state index is -0.782. The Morgan fingerprint density at radius 1 is 1.43 bits per heavy atom. The molecule has 1 aromatic carbocycles. The minimum absolute atomic E-state index is 0.301. The summed E-state index contributed by atoms with van der Waals surface area (Å²) in [7, 11) is 1.51. The molecule has 14 heavy (non-hydrogen) atoms. The van der Waals surface area contributed by atoms with Gasteiger partial charge in [-0.05, 0) is 31.0 Å². The summed E-state index contributed by atoms with van der Waals surface area (Å²) in [5.41, 5.74) is 1.12. The SMILES string of the molecule is COC(C)C(O)c1ccc(C)c(F)c1. The molecule has 0 aliphatic heterocycles. The van der Waals surface area contributed by atoms with E-state index in [1.807, 2.05) is 0 Å². The van der Waals surface area contributed by atoms with Crippen molar-refractivity contribution in [3.63, 3.8) is 0 Å². The van der Waals surface area contributed by atoms with Gasteiger partial charge in [0.2, 0.25) is 0 Å². The minimum Gasteiger partial charge on any atom is -0.386 e. The van der Waals surface area contributed by atoms with Crippen LogP contribution in [0.15, 0.2) is 18.2 Å². The van der Waals surface area contributed by atoms with Crippen LogP contribution in [-0.2, 0) is 4.74 Å². The van der Waals surface area contributed by atoms with Gasteiger partial charge in [0.05, 0.1) is 6.10 Å². The molecule has 0 fully saturated rings. The van der Waals surface area contributed by atoms with Gasteiger partial charge < -0.3 is 9.84 Å². The molecule has 0 saturated carbocycles. The van der Waals surface area contributed by atoms with Crippen LogP contribution in [0.2, 0.25) is 0 Å². The van der Waals surface area contributed by atoms with Crippen molar-refractivity contribution in [3.8, 4) is 0 Å². The summed E-state index contributed by atoms with van der Waals surface area (Å²) in [5.74, 6) is -0.301. The highest BCUT2D eigenvalue weighted by atomic mass is 19.1. The third-order valence-corrected chi connectivity index (χ3v) is 2.35. The first-order valence-electron chi connectivity index (χ1n) is 4.53. The second kappa shape index (κ2) is 4.53. The van der Waals surface area contributed by atoms with Crippen LogP contribution in [0, 0.1) is 12.7 Å². The molecular formula is C11H15FO2. The summed E-state index contributed by atoms with van der Waals surface area (Å²) in [5, 5.41) is 9.71. The molecule has 0 radical (unpaired) electrons. The van der Waals surface area contributed by atoms with Crippen molar-refractivity contribution < 1.29 is 14.2 Å². The van der Waals surface area contributed by atoms with E-state index in [-0.39, 0.29) is 11.9 Å². The summed E-state index contributed by atoms with van der Waals surface area (Å²) in [6.07, 6.45) is -1.12. The van der Waals surface area contributed by atoms with Gasteiger partial charge in [-0.25, -0.2) is 4.39 Å². The first kappa shape index (κ1) is 11.1. The molecule has 1 N–H and O–H groups in total. The van der Waals surface area contributed by atoms with Gasteiger partial charge in [-0.3, -0.25) is 0 Å². The van der Waals surface area contributed by atoms with Crippen molar-refractivity contribution in [3.05, 3.63) is 35.1 Å². The number of halogens is 1. The average Bonchev–Trinajstić information content (AvgIpc) is 2.20. The number of aliphatic hydroxyl groups is 1. The van der Waals surface area contributed by atoms with Crippen molar-refractivity contribution in [2.75, 3.05) is 7.11 Å². The molecule has 0 amide bonds. The molecule has 2 atom stereocenters. The van der Waals surface area contributed by atoms with Crippen molar-refractivity contribution in [2.24, 2.45) is 0 Å². The predicted octanol–water partition coefficient (Wildman–Crippen LogP) is 2.20. The van der Waals surface area contributed by atoms with Crippen LogP contribution in [0.25, 0.3) is 0 Å². The molecule has 3 heteroatoms. The monoisotopic (exact) mass is 198 g/mol. The number of aliphatic hydroxyl groups excluding tert-OH is 1. The van der Waals surface area contributed by atoms with E-state index >= 15 is 0 Å². The average molecular weight is 198 g/mol. The largest absolute Gasteiger partial charge is 0.386 e. The Hall–Kier alpha value is -0.930. The van der Waals surface area contributed by atoms with Crippen LogP contribution in [0.3, 0.4) is 0 Å². The van der Waals surface area contributed by atoms with Gasteiger partial charge in [0, 0.05) is 7.11 Å². The second-order valence-electron chi connectivity index (χ2n) is 3.39. The van der Waals surface area contributed by atoms with Crippen LogP contribution in [0.1, 0.15) is 24.2 Å². The Morgan fingerprint density at radius 2 is 2.07 bits per heavy atom. The van der Waals surface area contributed by atoms with Crippen molar-refractivity contribution in [2.45, 2.75) is 26.1 Å². The van der Waals surface area contributed by atoms with E-state index in [2.05, 4.69) is 0 Å². The molecule has 2 nitrogen and oxygen atoms in total. The number of methoxy groups -OCH3 is 1. The van der Waals surface area contributed by atoms with Crippen LogP contribution >= 0.6 is 0 Å². The lowest BCUT2D eigenvalue weighted by Gasteiger charge is -2.17. The van der Waals surface area contributed by atoms with E-state index in [0.29, 0.717) is 11.1 Å². The van der Waals surface area contributed by atoms with E-state index in [1.54, 1.807) is 26.0 Å². The maximum atomic E-state index is 13.2. The lowest BCUT2D eigenvalue weighted by molar-refractivity contribution is -0.00156. The van der Waals surface area contributed by atoms with Crippen molar-refractivity contribution in [1.29, 1.82) is 0 Å². The summed E-state index contributed by atoms with van der Waals surface area (Å²) >= 11 is 0. The Balaban J connectivity index is 2.91. The van der Waals surface area contributed by atoms with Gasteiger partial charge in [-0.1, -0.05) is 12.1 Å². The molecule has 0 aliphatic rings. The van der Waals surface area contributed by atoms with E-state index in [0.717, 1.165) is 0 Å². The fourth-order valence-corrected chi connectivity index (χ4v) is 1.19.